The van der Waals surface area contributed by atoms with E-state index in [2.05, 4.69) is 21.8 Å². The Hall–Kier alpha value is -1.16. The van der Waals surface area contributed by atoms with Gasteiger partial charge in [0.2, 0.25) is 5.95 Å². The summed E-state index contributed by atoms with van der Waals surface area (Å²) in [7, 11) is 0. The molecule has 2 unspecified atom stereocenters. The lowest BCUT2D eigenvalue weighted by molar-refractivity contribution is 0.304. The second-order valence-corrected chi connectivity index (χ2v) is 5.40. The molecule has 2 aliphatic rings. The zero-order chi connectivity index (χ0) is 11.2. The van der Waals surface area contributed by atoms with Crippen LogP contribution in [0.5, 0.6) is 0 Å². The topological polar surface area (TPSA) is 55.0 Å². The number of hydrogen-bond donors (Lipinski definition) is 1. The molecule has 4 nitrogen and oxygen atoms in total. The van der Waals surface area contributed by atoms with Crippen molar-refractivity contribution >= 4 is 5.95 Å². The molecule has 2 saturated heterocycles. The van der Waals surface area contributed by atoms with Crippen LogP contribution in [0.4, 0.5) is 5.95 Å². The maximum Gasteiger partial charge on any atom is 0.225 e. The minimum atomic E-state index is -0.00286. The minimum Gasteiger partial charge on any atom is -0.335 e. The highest BCUT2D eigenvalue weighted by atomic mass is 15.3. The summed E-state index contributed by atoms with van der Waals surface area (Å²) in [5.41, 5.74) is 6.27. The lowest BCUT2D eigenvalue weighted by Gasteiger charge is -2.42. The van der Waals surface area contributed by atoms with Gasteiger partial charge in [-0.25, -0.2) is 9.97 Å². The summed E-state index contributed by atoms with van der Waals surface area (Å²) >= 11 is 0. The monoisotopic (exact) mass is 218 g/mol. The van der Waals surface area contributed by atoms with E-state index in [-0.39, 0.29) is 5.54 Å². The van der Waals surface area contributed by atoms with Gasteiger partial charge in [-0.05, 0) is 38.7 Å². The van der Waals surface area contributed by atoms with Gasteiger partial charge < -0.3 is 10.6 Å². The molecule has 2 N–H and O–H groups in total. The average Bonchev–Trinajstić information content (AvgIpc) is 2.53. The summed E-state index contributed by atoms with van der Waals surface area (Å²) in [4.78, 5) is 11.1. The zero-order valence-electron chi connectivity index (χ0n) is 9.63. The fraction of sp³-hybridized carbons (Fsp3) is 0.667. The average molecular weight is 218 g/mol. The highest BCUT2D eigenvalue weighted by Gasteiger charge is 2.45. The van der Waals surface area contributed by atoms with Crippen LogP contribution >= 0.6 is 0 Å². The summed E-state index contributed by atoms with van der Waals surface area (Å²) in [5, 5.41) is 0. The summed E-state index contributed by atoms with van der Waals surface area (Å²) in [6.45, 7) is 2.17. The van der Waals surface area contributed by atoms with Crippen molar-refractivity contribution in [2.75, 3.05) is 4.90 Å². The van der Waals surface area contributed by atoms with Crippen molar-refractivity contribution in [3.63, 3.8) is 0 Å². The molecule has 0 aromatic carbocycles. The van der Waals surface area contributed by atoms with Crippen LogP contribution in [0.1, 0.15) is 32.6 Å². The van der Waals surface area contributed by atoms with Gasteiger partial charge in [0.15, 0.2) is 0 Å². The highest BCUT2D eigenvalue weighted by Crippen LogP contribution is 2.40. The Morgan fingerprint density at radius 3 is 2.38 bits per heavy atom. The number of aromatic nitrogens is 2. The number of nitrogens with zero attached hydrogens (tertiary/aromatic N) is 3. The fourth-order valence-electron chi connectivity index (χ4n) is 3.27. The third kappa shape index (κ3) is 1.57. The van der Waals surface area contributed by atoms with Crippen LogP contribution in [0.15, 0.2) is 18.5 Å². The highest BCUT2D eigenvalue weighted by molar-refractivity contribution is 5.37. The van der Waals surface area contributed by atoms with Gasteiger partial charge in [-0.1, -0.05) is 0 Å². The van der Waals surface area contributed by atoms with E-state index in [1.165, 1.54) is 12.8 Å². The number of anilines is 1. The summed E-state index contributed by atoms with van der Waals surface area (Å²) in [6.07, 6.45) is 8.21. The first kappa shape index (κ1) is 10.0. The number of hydrogen-bond acceptors (Lipinski definition) is 4. The molecule has 2 bridgehead atoms. The van der Waals surface area contributed by atoms with Crippen LogP contribution in [-0.4, -0.2) is 27.6 Å². The molecule has 1 aromatic heterocycles. The number of fused-ring (bicyclic) bond motifs is 2. The second kappa shape index (κ2) is 3.42. The first-order chi connectivity index (χ1) is 7.66. The lowest BCUT2D eigenvalue weighted by Crippen LogP contribution is -2.54. The molecule has 2 fully saturated rings. The van der Waals surface area contributed by atoms with Gasteiger partial charge in [0, 0.05) is 30.0 Å². The molecule has 2 aliphatic heterocycles. The Kier molecular flexibility index (Phi) is 2.14. The van der Waals surface area contributed by atoms with Crippen LogP contribution in [0.25, 0.3) is 0 Å². The Morgan fingerprint density at radius 1 is 1.25 bits per heavy atom. The lowest BCUT2D eigenvalue weighted by atomic mass is 9.86. The van der Waals surface area contributed by atoms with E-state index in [1.54, 1.807) is 0 Å². The van der Waals surface area contributed by atoms with Crippen LogP contribution < -0.4 is 10.6 Å². The molecule has 16 heavy (non-hydrogen) atoms. The number of nitrogens with two attached hydrogens (primary N) is 1. The molecular formula is C12H18N4. The van der Waals surface area contributed by atoms with E-state index in [9.17, 15) is 0 Å². The standard InChI is InChI=1S/C12H18N4/c1-12(13)7-9-3-4-10(8-12)16(9)11-14-5-2-6-15-11/h2,5-6,9-10H,3-4,7-8,13H2,1H3. The van der Waals surface area contributed by atoms with Crippen LogP contribution in [0.3, 0.4) is 0 Å². The second-order valence-electron chi connectivity index (χ2n) is 5.40. The van der Waals surface area contributed by atoms with E-state index in [0.717, 1.165) is 18.8 Å². The van der Waals surface area contributed by atoms with Gasteiger partial charge in [0.25, 0.3) is 0 Å². The van der Waals surface area contributed by atoms with Crippen molar-refractivity contribution in [3.8, 4) is 0 Å². The van der Waals surface area contributed by atoms with Gasteiger partial charge >= 0.3 is 0 Å². The molecular weight excluding hydrogens is 200 g/mol. The first-order valence-electron chi connectivity index (χ1n) is 6.00. The normalized spacial score (nSPS) is 37.8. The first-order valence-corrected chi connectivity index (χ1v) is 6.00. The maximum atomic E-state index is 6.27. The quantitative estimate of drug-likeness (QED) is 0.772. The van der Waals surface area contributed by atoms with Crippen LogP contribution in [0.2, 0.25) is 0 Å². The van der Waals surface area contributed by atoms with E-state index < -0.39 is 0 Å². The molecule has 86 valence electrons. The van der Waals surface area contributed by atoms with Crippen molar-refractivity contribution in [2.24, 2.45) is 5.73 Å². The predicted octanol–water partition coefficient (Wildman–Crippen LogP) is 1.33. The SMILES string of the molecule is CC1(N)CC2CCC(C1)N2c1ncccn1. The van der Waals surface area contributed by atoms with Gasteiger partial charge in [-0.2, -0.15) is 0 Å². The summed E-state index contributed by atoms with van der Waals surface area (Å²) in [5.74, 6) is 0.880. The van der Waals surface area contributed by atoms with Crippen LogP contribution in [-0.2, 0) is 0 Å². The Bertz CT molecular complexity index is 360. The molecule has 0 amide bonds. The van der Waals surface area contributed by atoms with Crippen molar-refractivity contribution < 1.29 is 0 Å². The molecule has 3 rings (SSSR count). The molecule has 1 aromatic rings. The minimum absolute atomic E-state index is 0.00286. The number of piperidine rings is 1. The van der Waals surface area contributed by atoms with Gasteiger partial charge in [-0.15, -0.1) is 0 Å². The molecule has 0 radical (unpaired) electrons. The predicted molar refractivity (Wildman–Crippen MR) is 63.1 cm³/mol. The third-order valence-corrected chi connectivity index (χ3v) is 3.81. The Morgan fingerprint density at radius 2 is 1.81 bits per heavy atom. The smallest absolute Gasteiger partial charge is 0.225 e. The van der Waals surface area contributed by atoms with Gasteiger partial charge in [0.05, 0.1) is 0 Å². The van der Waals surface area contributed by atoms with Crippen molar-refractivity contribution in [1.82, 2.24) is 9.97 Å². The van der Waals surface area contributed by atoms with Gasteiger partial charge in [0.1, 0.15) is 0 Å². The summed E-state index contributed by atoms with van der Waals surface area (Å²) in [6, 6.07) is 2.94. The van der Waals surface area contributed by atoms with Crippen molar-refractivity contribution in [2.45, 2.75) is 50.2 Å². The van der Waals surface area contributed by atoms with Crippen LogP contribution in [0, 0.1) is 0 Å². The molecule has 0 aliphatic carbocycles. The zero-order valence-corrected chi connectivity index (χ0v) is 9.63. The molecule has 2 atom stereocenters. The fourth-order valence-corrected chi connectivity index (χ4v) is 3.27. The van der Waals surface area contributed by atoms with E-state index in [1.807, 2.05) is 18.5 Å². The Balaban J connectivity index is 1.89. The maximum absolute atomic E-state index is 6.27. The van der Waals surface area contributed by atoms with Crippen molar-refractivity contribution in [1.29, 1.82) is 0 Å². The van der Waals surface area contributed by atoms with E-state index in [0.29, 0.717) is 12.1 Å². The summed E-state index contributed by atoms with van der Waals surface area (Å²) < 4.78 is 0. The van der Waals surface area contributed by atoms with E-state index in [4.69, 9.17) is 5.73 Å². The molecule has 4 heteroatoms. The molecule has 0 spiro atoms. The Labute approximate surface area is 95.9 Å². The molecule has 3 heterocycles. The third-order valence-electron chi connectivity index (χ3n) is 3.81. The number of rotatable bonds is 1. The molecule has 0 saturated carbocycles. The van der Waals surface area contributed by atoms with Crippen molar-refractivity contribution in [3.05, 3.63) is 18.5 Å². The van der Waals surface area contributed by atoms with E-state index >= 15 is 0 Å². The largest absolute Gasteiger partial charge is 0.335 e. The van der Waals surface area contributed by atoms with Gasteiger partial charge in [-0.3, -0.25) is 0 Å².